The van der Waals surface area contributed by atoms with Crippen molar-refractivity contribution in [2.45, 2.75) is 5.41 Å². The van der Waals surface area contributed by atoms with Crippen molar-refractivity contribution < 1.29 is 9.15 Å². The summed E-state index contributed by atoms with van der Waals surface area (Å²) in [6.07, 6.45) is 0. The molecular formula is C53H33NO2. The van der Waals surface area contributed by atoms with E-state index in [9.17, 15) is 0 Å². The summed E-state index contributed by atoms with van der Waals surface area (Å²) in [5, 5.41) is 4.38. The summed E-state index contributed by atoms with van der Waals surface area (Å²) in [4.78, 5) is 2.33. The molecule has 1 aromatic heterocycles. The third-order valence-electron chi connectivity index (χ3n) is 11.9. The number of furan rings is 1. The van der Waals surface area contributed by atoms with Gasteiger partial charge in [0.25, 0.3) is 0 Å². The molecule has 0 saturated carbocycles. The van der Waals surface area contributed by atoms with Crippen LogP contribution in [0.2, 0.25) is 0 Å². The predicted octanol–water partition coefficient (Wildman–Crippen LogP) is 14.3. The van der Waals surface area contributed by atoms with E-state index < -0.39 is 5.41 Å². The number of anilines is 3. The van der Waals surface area contributed by atoms with Gasteiger partial charge in [-0.1, -0.05) is 133 Å². The van der Waals surface area contributed by atoms with E-state index in [1.54, 1.807) is 0 Å². The van der Waals surface area contributed by atoms with Crippen molar-refractivity contribution in [3.63, 3.8) is 0 Å². The van der Waals surface area contributed by atoms with Gasteiger partial charge in [-0.3, -0.25) is 0 Å². The smallest absolute Gasteiger partial charge is 0.143 e. The standard InChI is InChI=1S/C53H33NO2/c1-3-16-36(17-4-1)54(37-18-5-2-6-19-37)38-31-34-15-7-8-20-39(34)42(33-38)35-27-29-48-43(32-35)51-50(55-48)30-28-47-52(51)56-49-26-14-13-25-46(49)53(47)44-23-11-9-21-40(44)41-22-10-12-24-45(41)53/h1-33H. The third kappa shape index (κ3) is 4.28. The Kier molecular flexibility index (Phi) is 6.55. The van der Waals surface area contributed by atoms with Crippen LogP contribution in [-0.2, 0) is 5.41 Å². The lowest BCUT2D eigenvalue weighted by molar-refractivity contribution is 0.441. The molecule has 12 rings (SSSR count). The normalized spacial score (nSPS) is 13.3. The van der Waals surface area contributed by atoms with Crippen LogP contribution in [0.25, 0.3) is 55.0 Å². The van der Waals surface area contributed by atoms with E-state index in [1.165, 1.54) is 33.0 Å². The van der Waals surface area contributed by atoms with Crippen molar-refractivity contribution in [3.05, 3.63) is 222 Å². The predicted molar refractivity (Wildman–Crippen MR) is 229 cm³/mol. The molecule has 1 aliphatic carbocycles. The molecule has 0 unspecified atom stereocenters. The van der Waals surface area contributed by atoms with Crippen LogP contribution < -0.4 is 9.64 Å². The number of ether oxygens (including phenoxy) is 1. The second kappa shape index (κ2) is 11.8. The zero-order valence-electron chi connectivity index (χ0n) is 30.3. The summed E-state index contributed by atoms with van der Waals surface area (Å²) in [7, 11) is 0. The Bertz CT molecular complexity index is 3090. The van der Waals surface area contributed by atoms with Crippen LogP contribution in [0.4, 0.5) is 17.1 Å². The number of fused-ring (bicyclic) bond motifs is 14. The highest BCUT2D eigenvalue weighted by atomic mass is 16.5. The molecule has 3 heteroatoms. The van der Waals surface area contributed by atoms with Gasteiger partial charge < -0.3 is 14.1 Å². The lowest BCUT2D eigenvalue weighted by Crippen LogP contribution is -2.32. The zero-order chi connectivity index (χ0) is 36.8. The molecule has 9 aromatic carbocycles. The number of hydrogen-bond donors (Lipinski definition) is 0. The average molecular weight is 716 g/mol. The number of hydrogen-bond acceptors (Lipinski definition) is 3. The molecule has 1 aliphatic heterocycles. The van der Waals surface area contributed by atoms with Gasteiger partial charge in [0, 0.05) is 33.6 Å². The van der Waals surface area contributed by atoms with Gasteiger partial charge >= 0.3 is 0 Å². The Morgan fingerprint density at radius 1 is 0.393 bits per heavy atom. The van der Waals surface area contributed by atoms with Gasteiger partial charge in [0.15, 0.2) is 0 Å². The highest BCUT2D eigenvalue weighted by molar-refractivity contribution is 6.12. The zero-order valence-corrected chi connectivity index (χ0v) is 30.3. The monoisotopic (exact) mass is 715 g/mol. The molecular weight excluding hydrogens is 683 g/mol. The van der Waals surface area contributed by atoms with Crippen LogP contribution in [0.15, 0.2) is 205 Å². The van der Waals surface area contributed by atoms with Crippen LogP contribution in [0.5, 0.6) is 11.5 Å². The molecule has 1 spiro atoms. The highest BCUT2D eigenvalue weighted by Gasteiger charge is 2.51. The molecule has 0 amide bonds. The highest BCUT2D eigenvalue weighted by Crippen LogP contribution is 2.63. The first-order valence-electron chi connectivity index (χ1n) is 19.2. The molecule has 2 aliphatic rings. The van der Waals surface area contributed by atoms with Crippen LogP contribution in [0, 0.1) is 0 Å². The van der Waals surface area contributed by atoms with E-state index in [0.29, 0.717) is 0 Å². The van der Waals surface area contributed by atoms with Crippen molar-refractivity contribution in [2.75, 3.05) is 4.90 Å². The van der Waals surface area contributed by atoms with Crippen LogP contribution in [0.1, 0.15) is 22.3 Å². The molecule has 262 valence electrons. The fraction of sp³-hybridized carbons (Fsp3) is 0.0189. The van der Waals surface area contributed by atoms with E-state index in [2.05, 4.69) is 205 Å². The van der Waals surface area contributed by atoms with E-state index in [4.69, 9.17) is 9.15 Å². The van der Waals surface area contributed by atoms with Gasteiger partial charge in [-0.25, -0.2) is 0 Å². The maximum atomic E-state index is 7.07. The molecule has 0 fully saturated rings. The first kappa shape index (κ1) is 31.0. The lowest BCUT2D eigenvalue weighted by Gasteiger charge is -2.39. The first-order valence-corrected chi connectivity index (χ1v) is 19.2. The number of rotatable bonds is 4. The minimum atomic E-state index is -0.546. The molecule has 0 bridgehead atoms. The molecule has 0 atom stereocenters. The van der Waals surface area contributed by atoms with Gasteiger partial charge in [-0.15, -0.1) is 0 Å². The molecule has 0 N–H and O–H groups in total. The Morgan fingerprint density at radius 2 is 1.00 bits per heavy atom. The SMILES string of the molecule is c1ccc(N(c2ccccc2)c2cc(-c3ccc4oc5ccc6c(c5c4c3)Oc3ccccc3C63c4ccccc4-c4ccccc43)c3ccccc3c2)cc1. The van der Waals surface area contributed by atoms with E-state index in [0.717, 1.165) is 72.8 Å². The maximum absolute atomic E-state index is 7.07. The minimum absolute atomic E-state index is 0.546. The van der Waals surface area contributed by atoms with Crippen molar-refractivity contribution in [1.29, 1.82) is 0 Å². The third-order valence-corrected chi connectivity index (χ3v) is 11.9. The summed E-state index contributed by atoms with van der Waals surface area (Å²) in [6.45, 7) is 0. The average Bonchev–Trinajstić information content (AvgIpc) is 3.78. The Labute approximate surface area is 324 Å². The second-order valence-corrected chi connectivity index (χ2v) is 14.8. The van der Waals surface area contributed by atoms with E-state index in [-0.39, 0.29) is 0 Å². The molecule has 56 heavy (non-hydrogen) atoms. The van der Waals surface area contributed by atoms with Crippen molar-refractivity contribution in [1.82, 2.24) is 0 Å². The first-order chi connectivity index (χ1) is 27.8. The van der Waals surface area contributed by atoms with Gasteiger partial charge in [0.2, 0.25) is 0 Å². The lowest BCUT2D eigenvalue weighted by atomic mass is 9.66. The number of nitrogens with zero attached hydrogens (tertiary/aromatic N) is 1. The maximum Gasteiger partial charge on any atom is 0.143 e. The topological polar surface area (TPSA) is 25.6 Å². The Hall–Kier alpha value is -7.36. The van der Waals surface area contributed by atoms with Gasteiger partial charge in [0.05, 0.1) is 10.8 Å². The minimum Gasteiger partial charge on any atom is -0.456 e. The van der Waals surface area contributed by atoms with Crippen molar-refractivity contribution in [2.24, 2.45) is 0 Å². The van der Waals surface area contributed by atoms with Crippen molar-refractivity contribution >= 4 is 49.8 Å². The Morgan fingerprint density at radius 3 is 1.73 bits per heavy atom. The molecule has 3 nitrogen and oxygen atoms in total. The molecule has 10 aromatic rings. The summed E-state index contributed by atoms with van der Waals surface area (Å²) in [5.41, 5.74) is 14.0. The summed E-state index contributed by atoms with van der Waals surface area (Å²) >= 11 is 0. The van der Waals surface area contributed by atoms with Crippen LogP contribution in [0.3, 0.4) is 0 Å². The fourth-order valence-corrected chi connectivity index (χ4v) is 9.61. The number of para-hydroxylation sites is 3. The number of benzene rings is 9. The largest absolute Gasteiger partial charge is 0.456 e. The van der Waals surface area contributed by atoms with E-state index in [1.807, 2.05) is 0 Å². The molecule has 0 radical (unpaired) electrons. The summed E-state index contributed by atoms with van der Waals surface area (Å²) in [6, 6.07) is 71.8. The molecule has 2 heterocycles. The van der Waals surface area contributed by atoms with Crippen LogP contribution in [-0.4, -0.2) is 0 Å². The second-order valence-electron chi connectivity index (χ2n) is 14.8. The quantitative estimate of drug-likeness (QED) is 0.181. The molecule has 0 saturated heterocycles. The van der Waals surface area contributed by atoms with Gasteiger partial charge in [-0.2, -0.15) is 0 Å². The fourth-order valence-electron chi connectivity index (χ4n) is 9.61. The Balaban J connectivity index is 1.12. The van der Waals surface area contributed by atoms with Crippen molar-refractivity contribution in [3.8, 4) is 33.8 Å². The van der Waals surface area contributed by atoms with E-state index >= 15 is 0 Å². The van der Waals surface area contributed by atoms with Gasteiger partial charge in [-0.05, 0) is 111 Å². The summed E-state index contributed by atoms with van der Waals surface area (Å²) < 4.78 is 13.7. The van der Waals surface area contributed by atoms with Crippen LogP contribution >= 0.6 is 0 Å². The van der Waals surface area contributed by atoms with Gasteiger partial charge in [0.1, 0.15) is 22.7 Å². The summed E-state index contributed by atoms with van der Waals surface area (Å²) in [5.74, 6) is 1.71.